The Balaban J connectivity index is 1.98. The number of nitriles is 2. The summed E-state index contributed by atoms with van der Waals surface area (Å²) in [6.07, 6.45) is 5.52. The highest BCUT2D eigenvalue weighted by atomic mass is 16.2. The molecule has 2 fully saturated rings. The van der Waals surface area contributed by atoms with Crippen molar-refractivity contribution in [2.24, 2.45) is 5.92 Å². The lowest BCUT2D eigenvalue weighted by Gasteiger charge is -2.35. The van der Waals surface area contributed by atoms with E-state index in [1.54, 1.807) is 6.92 Å². The summed E-state index contributed by atoms with van der Waals surface area (Å²) >= 11 is 0. The first-order valence-corrected chi connectivity index (χ1v) is 7.95. The molecule has 0 bridgehead atoms. The summed E-state index contributed by atoms with van der Waals surface area (Å²) in [5.74, 6) is 0.100. The molecule has 5 heteroatoms. The third-order valence-corrected chi connectivity index (χ3v) is 4.80. The van der Waals surface area contributed by atoms with Crippen LogP contribution in [0.25, 0.3) is 0 Å². The quantitative estimate of drug-likeness (QED) is 0.774. The summed E-state index contributed by atoms with van der Waals surface area (Å²) in [6.45, 7) is 4.28. The lowest BCUT2D eigenvalue weighted by molar-refractivity contribution is -0.130. The highest BCUT2D eigenvalue weighted by molar-refractivity contribution is 5.74. The molecule has 1 amide bonds. The van der Waals surface area contributed by atoms with Crippen LogP contribution in [0.15, 0.2) is 0 Å². The van der Waals surface area contributed by atoms with Crippen LogP contribution in [0.4, 0.5) is 0 Å². The van der Waals surface area contributed by atoms with E-state index in [1.165, 1.54) is 0 Å². The molecule has 0 saturated carbocycles. The van der Waals surface area contributed by atoms with Crippen LogP contribution in [-0.2, 0) is 4.79 Å². The molecule has 0 aliphatic carbocycles. The monoisotopic (exact) mass is 288 g/mol. The smallest absolute Gasteiger partial charge is 0.219 e. The molecule has 3 atom stereocenters. The molecule has 0 N–H and O–H groups in total. The van der Waals surface area contributed by atoms with Crippen LogP contribution in [0.1, 0.15) is 45.4 Å². The molecule has 0 aromatic carbocycles. The van der Waals surface area contributed by atoms with Gasteiger partial charge in [0.1, 0.15) is 0 Å². The number of hydrogen-bond donors (Lipinski definition) is 0. The zero-order chi connectivity index (χ0) is 15.2. The van der Waals surface area contributed by atoms with E-state index < -0.39 is 0 Å². The normalized spacial score (nSPS) is 27.3. The Morgan fingerprint density at radius 1 is 1.24 bits per heavy atom. The van der Waals surface area contributed by atoms with Crippen molar-refractivity contribution < 1.29 is 4.79 Å². The minimum absolute atomic E-state index is 0.0718. The summed E-state index contributed by atoms with van der Waals surface area (Å²) in [5.41, 5.74) is 0. The average molecular weight is 288 g/mol. The second kappa shape index (κ2) is 7.43. The van der Waals surface area contributed by atoms with E-state index in [2.05, 4.69) is 17.0 Å². The van der Waals surface area contributed by atoms with E-state index in [4.69, 9.17) is 5.26 Å². The van der Waals surface area contributed by atoms with Crippen LogP contribution >= 0.6 is 0 Å². The van der Waals surface area contributed by atoms with Crippen molar-refractivity contribution in [3.8, 4) is 12.1 Å². The molecular weight excluding hydrogens is 264 g/mol. The molecule has 21 heavy (non-hydrogen) atoms. The molecule has 114 valence electrons. The first-order valence-electron chi connectivity index (χ1n) is 7.95. The lowest BCUT2D eigenvalue weighted by Crippen LogP contribution is -2.48. The van der Waals surface area contributed by atoms with E-state index in [9.17, 15) is 10.1 Å². The van der Waals surface area contributed by atoms with Crippen molar-refractivity contribution in [1.82, 2.24) is 9.80 Å². The van der Waals surface area contributed by atoms with Crippen LogP contribution < -0.4 is 0 Å². The van der Waals surface area contributed by atoms with E-state index in [-0.39, 0.29) is 11.8 Å². The van der Waals surface area contributed by atoms with Crippen molar-refractivity contribution in [3.63, 3.8) is 0 Å². The van der Waals surface area contributed by atoms with Gasteiger partial charge in [0.25, 0.3) is 0 Å². The van der Waals surface area contributed by atoms with Gasteiger partial charge in [0.15, 0.2) is 0 Å². The van der Waals surface area contributed by atoms with E-state index in [1.807, 2.05) is 4.90 Å². The first kappa shape index (κ1) is 15.8. The Hall–Kier alpha value is -1.59. The van der Waals surface area contributed by atoms with E-state index in [0.717, 1.165) is 45.3 Å². The minimum atomic E-state index is -0.0718. The Morgan fingerprint density at radius 3 is 2.62 bits per heavy atom. The molecular formula is C16H24N4O. The zero-order valence-corrected chi connectivity index (χ0v) is 12.8. The highest BCUT2D eigenvalue weighted by Gasteiger charge is 2.39. The van der Waals surface area contributed by atoms with Gasteiger partial charge in [-0.25, -0.2) is 0 Å². The number of rotatable bonds is 5. The SMILES string of the molecule is CC(=O)N1CCCC1C1CCCN1CC(C#N)CCC#N. The van der Waals surface area contributed by atoms with Gasteiger partial charge >= 0.3 is 0 Å². The maximum absolute atomic E-state index is 11.8. The second-order valence-electron chi connectivity index (χ2n) is 6.15. The molecule has 2 saturated heterocycles. The van der Waals surface area contributed by atoms with Crippen molar-refractivity contribution >= 4 is 5.91 Å². The molecule has 2 aliphatic heterocycles. The van der Waals surface area contributed by atoms with Gasteiger partial charge < -0.3 is 4.90 Å². The largest absolute Gasteiger partial charge is 0.338 e. The van der Waals surface area contributed by atoms with Crippen LogP contribution in [0.3, 0.4) is 0 Å². The van der Waals surface area contributed by atoms with Gasteiger partial charge in [-0.2, -0.15) is 10.5 Å². The summed E-state index contributed by atoms with van der Waals surface area (Å²) in [5, 5.41) is 17.9. The fourth-order valence-electron chi connectivity index (χ4n) is 3.82. The average Bonchev–Trinajstić information content (AvgIpc) is 3.11. The van der Waals surface area contributed by atoms with Crippen LogP contribution in [0.2, 0.25) is 0 Å². The number of carbonyl (C=O) groups excluding carboxylic acids is 1. The Labute approximate surface area is 127 Å². The van der Waals surface area contributed by atoms with Gasteiger partial charge in [-0.3, -0.25) is 9.69 Å². The number of likely N-dealkylation sites (tertiary alicyclic amines) is 2. The summed E-state index contributed by atoms with van der Waals surface area (Å²) in [4.78, 5) is 16.2. The Morgan fingerprint density at radius 2 is 1.95 bits per heavy atom. The van der Waals surface area contributed by atoms with Crippen molar-refractivity contribution in [2.45, 2.75) is 57.5 Å². The standard InChI is InChI=1S/C16H24N4O/c1-13(21)20-10-4-7-16(20)15-6-3-9-19(15)12-14(11-18)5-2-8-17/h14-16H,2-7,9-10,12H2,1H3. The molecule has 0 spiro atoms. The summed E-state index contributed by atoms with van der Waals surface area (Å²) < 4.78 is 0. The molecule has 5 nitrogen and oxygen atoms in total. The first-order chi connectivity index (χ1) is 10.2. The van der Waals surface area contributed by atoms with Crippen molar-refractivity contribution in [3.05, 3.63) is 0 Å². The lowest BCUT2D eigenvalue weighted by atomic mass is 10.00. The van der Waals surface area contributed by atoms with E-state index >= 15 is 0 Å². The molecule has 0 radical (unpaired) electrons. The van der Waals surface area contributed by atoms with Crippen LogP contribution in [0.5, 0.6) is 0 Å². The fourth-order valence-corrected chi connectivity index (χ4v) is 3.82. The third-order valence-electron chi connectivity index (χ3n) is 4.80. The van der Waals surface area contributed by atoms with Gasteiger partial charge in [0, 0.05) is 38.5 Å². The number of amides is 1. The number of nitrogens with zero attached hydrogens (tertiary/aromatic N) is 4. The second-order valence-corrected chi connectivity index (χ2v) is 6.15. The summed E-state index contributed by atoms with van der Waals surface area (Å²) in [6, 6.07) is 5.18. The number of hydrogen-bond acceptors (Lipinski definition) is 4. The molecule has 3 unspecified atom stereocenters. The predicted molar refractivity (Wildman–Crippen MR) is 79.0 cm³/mol. The molecule has 2 aliphatic rings. The van der Waals surface area contributed by atoms with E-state index in [0.29, 0.717) is 24.9 Å². The summed E-state index contributed by atoms with van der Waals surface area (Å²) in [7, 11) is 0. The van der Waals surface area contributed by atoms with Crippen molar-refractivity contribution in [1.29, 1.82) is 10.5 Å². The Kier molecular flexibility index (Phi) is 5.59. The maximum Gasteiger partial charge on any atom is 0.219 e. The topological polar surface area (TPSA) is 71.1 Å². The zero-order valence-electron chi connectivity index (χ0n) is 12.8. The van der Waals surface area contributed by atoms with Crippen molar-refractivity contribution in [2.75, 3.05) is 19.6 Å². The van der Waals surface area contributed by atoms with Gasteiger partial charge in [0.05, 0.1) is 18.1 Å². The molecule has 0 aromatic rings. The predicted octanol–water partition coefficient (Wildman–Crippen LogP) is 1.91. The third kappa shape index (κ3) is 3.74. The van der Waals surface area contributed by atoms with Gasteiger partial charge in [0.2, 0.25) is 5.91 Å². The highest BCUT2D eigenvalue weighted by Crippen LogP contribution is 2.30. The molecule has 2 heterocycles. The molecule has 0 aromatic heterocycles. The Bertz CT molecular complexity index is 450. The van der Waals surface area contributed by atoms with Gasteiger partial charge in [-0.15, -0.1) is 0 Å². The van der Waals surface area contributed by atoms with Gasteiger partial charge in [-0.05, 0) is 38.6 Å². The minimum Gasteiger partial charge on any atom is -0.338 e. The maximum atomic E-state index is 11.8. The number of carbonyl (C=O) groups is 1. The fraction of sp³-hybridized carbons (Fsp3) is 0.812. The van der Waals surface area contributed by atoms with Crippen LogP contribution in [-0.4, -0.2) is 47.4 Å². The van der Waals surface area contributed by atoms with Gasteiger partial charge in [-0.1, -0.05) is 0 Å². The molecule has 2 rings (SSSR count). The van der Waals surface area contributed by atoms with Crippen LogP contribution in [0, 0.1) is 28.6 Å².